The van der Waals surface area contributed by atoms with E-state index >= 15 is 0 Å². The Balaban J connectivity index is 1.48. The normalized spacial score (nSPS) is 20.2. The molecule has 35 heavy (non-hydrogen) atoms. The fourth-order valence-electron chi connectivity index (χ4n) is 5.35. The molecule has 0 aliphatic heterocycles. The van der Waals surface area contributed by atoms with Crippen molar-refractivity contribution in [2.24, 2.45) is 17.8 Å². The minimum Gasteiger partial charge on any atom is -0.444 e. The molecule has 4 heteroatoms. The Labute approximate surface area is 207 Å². The molecule has 3 atom stereocenters. The van der Waals surface area contributed by atoms with Gasteiger partial charge in [-0.3, -0.25) is 5.43 Å². The number of hydrogen-bond acceptors (Lipinski definition) is 3. The molecule has 0 unspecified atom stereocenters. The summed E-state index contributed by atoms with van der Waals surface area (Å²) in [5, 5.41) is 6.05. The maximum absolute atomic E-state index is 13.7. The van der Waals surface area contributed by atoms with Gasteiger partial charge in [0.05, 0.1) is 11.4 Å². The minimum atomic E-state index is -0.363. The topological polar surface area (TPSA) is 41.6 Å². The lowest BCUT2D eigenvalue weighted by molar-refractivity contribution is 0.00988. The van der Waals surface area contributed by atoms with Crippen molar-refractivity contribution in [1.29, 1.82) is 0 Å². The third-order valence-electron chi connectivity index (χ3n) is 7.38. The maximum atomic E-state index is 13.7. The SMILES string of the molecule is CC(C)[C@@H]1CC[C@@H](C)C[C@H]1OC(=O)N(Nc1ccc2ccccc2c1)c1ccc2ccccc2c1. The Hall–Kier alpha value is -3.53. The summed E-state index contributed by atoms with van der Waals surface area (Å²) in [6.45, 7) is 6.72. The number of amides is 1. The van der Waals surface area contributed by atoms with E-state index in [2.05, 4.69) is 62.6 Å². The van der Waals surface area contributed by atoms with E-state index in [1.807, 2.05) is 48.5 Å². The Morgan fingerprint density at radius 1 is 0.857 bits per heavy atom. The average Bonchev–Trinajstić information content (AvgIpc) is 2.86. The van der Waals surface area contributed by atoms with E-state index in [1.54, 1.807) is 5.01 Å². The van der Waals surface area contributed by atoms with Crippen molar-refractivity contribution >= 4 is 39.0 Å². The second kappa shape index (κ2) is 9.99. The van der Waals surface area contributed by atoms with Gasteiger partial charge in [0.25, 0.3) is 0 Å². The second-order valence-electron chi connectivity index (χ2n) is 10.3. The molecule has 5 rings (SSSR count). The number of rotatable bonds is 5. The third kappa shape index (κ3) is 5.12. The average molecular weight is 467 g/mol. The van der Waals surface area contributed by atoms with Crippen molar-refractivity contribution in [1.82, 2.24) is 0 Å². The first-order chi connectivity index (χ1) is 17.0. The molecule has 4 nitrogen and oxygen atoms in total. The zero-order chi connectivity index (χ0) is 24.4. The van der Waals surface area contributed by atoms with E-state index in [4.69, 9.17) is 4.74 Å². The zero-order valence-corrected chi connectivity index (χ0v) is 20.8. The van der Waals surface area contributed by atoms with E-state index < -0.39 is 0 Å². The van der Waals surface area contributed by atoms with Crippen LogP contribution in [0.2, 0.25) is 0 Å². The summed E-state index contributed by atoms with van der Waals surface area (Å²) in [6.07, 6.45) is 2.77. The standard InChI is InChI=1S/C31H34N2O2/c1-21(2)29-17-12-22(3)18-30(29)35-31(34)33(28-16-14-24-9-5-7-11-26(24)20-28)32-27-15-13-23-8-4-6-10-25(23)19-27/h4-11,13-16,19-22,29-30,32H,12,17-18H2,1-3H3/t22-,29+,30-/m1/s1. The molecule has 1 aliphatic rings. The van der Waals surface area contributed by atoms with Gasteiger partial charge in [0, 0.05) is 0 Å². The summed E-state index contributed by atoms with van der Waals surface area (Å²) in [5.74, 6) is 1.42. The molecule has 4 aromatic rings. The molecule has 1 aliphatic carbocycles. The minimum absolute atomic E-state index is 0.0763. The third-order valence-corrected chi connectivity index (χ3v) is 7.38. The summed E-state index contributed by atoms with van der Waals surface area (Å²) in [4.78, 5) is 13.7. The van der Waals surface area contributed by atoms with Crippen LogP contribution in [0.3, 0.4) is 0 Å². The predicted molar refractivity (Wildman–Crippen MR) is 146 cm³/mol. The Morgan fingerprint density at radius 2 is 1.49 bits per heavy atom. The van der Waals surface area contributed by atoms with Crippen LogP contribution >= 0.6 is 0 Å². The summed E-state index contributed by atoms with van der Waals surface area (Å²) in [5.41, 5.74) is 4.95. The van der Waals surface area contributed by atoms with Crippen LogP contribution in [0, 0.1) is 17.8 Å². The maximum Gasteiger partial charge on any atom is 0.433 e. The van der Waals surface area contributed by atoms with Gasteiger partial charge in [-0.1, -0.05) is 87.9 Å². The highest BCUT2D eigenvalue weighted by Crippen LogP contribution is 2.36. The number of hydrazine groups is 1. The van der Waals surface area contributed by atoms with E-state index in [1.165, 1.54) is 6.42 Å². The van der Waals surface area contributed by atoms with Crippen LogP contribution in [0.5, 0.6) is 0 Å². The number of ether oxygens (including phenoxy) is 1. The van der Waals surface area contributed by atoms with Crippen molar-refractivity contribution in [3.05, 3.63) is 84.9 Å². The Kier molecular flexibility index (Phi) is 6.63. The van der Waals surface area contributed by atoms with Crippen LogP contribution in [0.25, 0.3) is 21.5 Å². The molecule has 0 saturated heterocycles. The largest absolute Gasteiger partial charge is 0.444 e. The van der Waals surface area contributed by atoms with Gasteiger partial charge >= 0.3 is 6.09 Å². The van der Waals surface area contributed by atoms with Gasteiger partial charge in [-0.25, -0.2) is 4.79 Å². The number of carbonyl (C=O) groups is 1. The van der Waals surface area contributed by atoms with E-state index in [9.17, 15) is 4.79 Å². The highest BCUT2D eigenvalue weighted by molar-refractivity contribution is 5.95. The van der Waals surface area contributed by atoms with Crippen molar-refractivity contribution in [2.75, 3.05) is 10.4 Å². The van der Waals surface area contributed by atoms with Crippen molar-refractivity contribution < 1.29 is 9.53 Å². The molecule has 4 aromatic carbocycles. The number of fused-ring (bicyclic) bond motifs is 2. The van der Waals surface area contributed by atoms with Gasteiger partial charge in [0.15, 0.2) is 0 Å². The first-order valence-corrected chi connectivity index (χ1v) is 12.7. The van der Waals surface area contributed by atoms with Crippen LogP contribution in [-0.4, -0.2) is 12.2 Å². The predicted octanol–water partition coefficient (Wildman–Crippen LogP) is 8.42. The lowest BCUT2D eigenvalue weighted by Gasteiger charge is -2.37. The molecule has 1 N–H and O–H groups in total. The number of nitrogens with zero attached hydrogens (tertiary/aromatic N) is 1. The number of benzene rings is 4. The quantitative estimate of drug-likeness (QED) is 0.300. The second-order valence-corrected chi connectivity index (χ2v) is 10.3. The number of anilines is 2. The monoisotopic (exact) mass is 466 g/mol. The highest BCUT2D eigenvalue weighted by atomic mass is 16.6. The molecule has 0 heterocycles. The Bertz CT molecular complexity index is 1330. The molecule has 1 saturated carbocycles. The van der Waals surface area contributed by atoms with Gasteiger partial charge in [0.1, 0.15) is 6.10 Å². The molecule has 0 aromatic heterocycles. The number of nitrogens with one attached hydrogen (secondary N) is 1. The molecule has 1 fully saturated rings. The zero-order valence-electron chi connectivity index (χ0n) is 20.8. The van der Waals surface area contributed by atoms with Gasteiger partial charge in [-0.15, -0.1) is 0 Å². The molecule has 0 radical (unpaired) electrons. The van der Waals surface area contributed by atoms with Crippen LogP contribution in [0.1, 0.15) is 40.0 Å². The van der Waals surface area contributed by atoms with Gasteiger partial charge in [-0.2, -0.15) is 5.01 Å². The molecular formula is C31H34N2O2. The van der Waals surface area contributed by atoms with Crippen LogP contribution in [0.4, 0.5) is 16.2 Å². The van der Waals surface area contributed by atoms with Crippen molar-refractivity contribution in [2.45, 2.75) is 46.1 Å². The highest BCUT2D eigenvalue weighted by Gasteiger charge is 2.35. The van der Waals surface area contributed by atoms with E-state index in [-0.39, 0.29) is 12.2 Å². The lowest BCUT2D eigenvalue weighted by Crippen LogP contribution is -2.43. The number of hydrogen-bond donors (Lipinski definition) is 1. The summed E-state index contributed by atoms with van der Waals surface area (Å²) < 4.78 is 6.25. The molecule has 180 valence electrons. The first-order valence-electron chi connectivity index (χ1n) is 12.7. The molecular weight excluding hydrogens is 432 g/mol. The summed E-state index contributed by atoms with van der Waals surface area (Å²) >= 11 is 0. The molecule has 0 bridgehead atoms. The fraction of sp³-hybridized carbons (Fsp3) is 0.323. The van der Waals surface area contributed by atoms with Gasteiger partial charge in [-0.05, 0) is 76.4 Å². The van der Waals surface area contributed by atoms with E-state index in [0.717, 1.165) is 45.8 Å². The van der Waals surface area contributed by atoms with Crippen LogP contribution < -0.4 is 10.4 Å². The summed E-state index contributed by atoms with van der Waals surface area (Å²) in [7, 11) is 0. The van der Waals surface area contributed by atoms with Crippen LogP contribution in [0.15, 0.2) is 84.9 Å². The Morgan fingerprint density at radius 3 is 2.17 bits per heavy atom. The fourth-order valence-corrected chi connectivity index (χ4v) is 5.35. The van der Waals surface area contributed by atoms with Gasteiger partial charge < -0.3 is 4.74 Å². The number of carbonyl (C=O) groups excluding carboxylic acids is 1. The molecule has 1 amide bonds. The molecule has 0 spiro atoms. The van der Waals surface area contributed by atoms with Crippen molar-refractivity contribution in [3.63, 3.8) is 0 Å². The van der Waals surface area contributed by atoms with E-state index in [0.29, 0.717) is 17.8 Å². The first kappa shape index (κ1) is 23.2. The van der Waals surface area contributed by atoms with Gasteiger partial charge in [0.2, 0.25) is 0 Å². The lowest BCUT2D eigenvalue weighted by atomic mass is 9.75. The van der Waals surface area contributed by atoms with Crippen LogP contribution in [-0.2, 0) is 4.74 Å². The smallest absolute Gasteiger partial charge is 0.433 e. The summed E-state index contributed by atoms with van der Waals surface area (Å²) in [6, 6.07) is 28.6. The van der Waals surface area contributed by atoms with Crippen molar-refractivity contribution in [3.8, 4) is 0 Å².